The molecule has 3 atom stereocenters. The largest absolute Gasteiger partial charge is 0.487 e. The Hall–Kier alpha value is -4.75. The second-order valence-corrected chi connectivity index (χ2v) is 18.9. The number of ether oxygens (including phenoxy) is 2. The van der Waals surface area contributed by atoms with Gasteiger partial charge >= 0.3 is 5.57 Å². The maximum absolute atomic E-state index is 14.0. The summed E-state index contributed by atoms with van der Waals surface area (Å²) in [5, 5.41) is 19.1. The number of benzene rings is 2. The number of nitrogens with zero attached hydrogens (tertiary/aromatic N) is 4. The first kappa shape index (κ1) is 47.7. The highest BCUT2D eigenvalue weighted by Gasteiger charge is 2.44. The average Bonchev–Trinajstić information content (AvgIpc) is 3.85. The molecule has 19 heteroatoms. The van der Waals surface area contributed by atoms with Crippen molar-refractivity contribution in [1.29, 1.82) is 0 Å². The average molecular weight is 975 g/mol. The van der Waals surface area contributed by atoms with Gasteiger partial charge in [0.15, 0.2) is 0 Å². The van der Waals surface area contributed by atoms with E-state index in [-0.39, 0.29) is 56.0 Å². The van der Waals surface area contributed by atoms with E-state index in [1.54, 1.807) is 22.9 Å². The topological polar surface area (TPSA) is 175 Å². The Balaban J connectivity index is 0.923. The molecule has 2 saturated heterocycles. The van der Waals surface area contributed by atoms with E-state index in [1.165, 1.54) is 35.4 Å². The number of aromatic nitrogens is 2. The smallest absolute Gasteiger partial charge is 0.420 e. The molecule has 2 aliphatic rings. The fourth-order valence-electron chi connectivity index (χ4n) is 7.47. The third-order valence-corrected chi connectivity index (χ3v) is 12.5. The molecule has 4 N–H and O–H groups in total. The van der Waals surface area contributed by atoms with Crippen molar-refractivity contribution in [2.45, 2.75) is 83.7 Å². The maximum atomic E-state index is 14.0. The zero-order valence-corrected chi connectivity index (χ0v) is 38.5. The molecule has 338 valence electrons. The van der Waals surface area contributed by atoms with Crippen molar-refractivity contribution in [2.24, 2.45) is 11.3 Å². The summed E-state index contributed by atoms with van der Waals surface area (Å²) in [6.45, 7) is 9.73. The molecule has 2 aromatic carbocycles. The van der Waals surface area contributed by atoms with Crippen LogP contribution in [-0.2, 0) is 25.7 Å². The molecule has 2 fully saturated rings. The Kier molecular flexibility index (Phi) is 15.8. The summed E-state index contributed by atoms with van der Waals surface area (Å²) in [5.74, 6) is -0.809. The molecule has 4 aromatic rings. The number of carbonyl (C=O) groups is 4. The number of rotatable bonds is 16. The van der Waals surface area contributed by atoms with Gasteiger partial charge in [0.2, 0.25) is 17.7 Å². The Morgan fingerprint density at radius 3 is 2.37 bits per heavy atom. The van der Waals surface area contributed by atoms with Crippen molar-refractivity contribution < 1.29 is 42.5 Å². The number of aliphatic hydroxyl groups is 1. The Morgan fingerprint density at radius 2 is 1.75 bits per heavy atom. The SMILES string of the molecule is Cc1ncsc1-c1ccc(CNC(=O)[C@@H]2C[C@@H](O)CN2C(=O)[C@@H](NC(=O)CCOCC2CCN(c3ncc(C(=O)Nc4ccc(OC(F)(F)Cl)cc4)cc3Br)CC2)C(C)(C)C)cc1. The molecule has 4 amide bonds. The van der Waals surface area contributed by atoms with Gasteiger partial charge in [0.05, 0.1) is 38.8 Å². The minimum atomic E-state index is -3.84. The van der Waals surface area contributed by atoms with Crippen LogP contribution in [0.1, 0.15) is 68.1 Å². The van der Waals surface area contributed by atoms with Crippen LogP contribution in [-0.4, -0.2) is 100 Å². The number of carbonyl (C=O) groups excluding carboxylic acids is 4. The van der Waals surface area contributed by atoms with E-state index in [4.69, 9.17) is 16.3 Å². The van der Waals surface area contributed by atoms with Crippen LogP contribution in [0.2, 0.25) is 0 Å². The molecule has 0 bridgehead atoms. The van der Waals surface area contributed by atoms with Gasteiger partial charge in [-0.25, -0.2) is 9.97 Å². The number of halogens is 4. The summed E-state index contributed by atoms with van der Waals surface area (Å²) in [5.41, 5.74) is 0.826. The first-order valence-corrected chi connectivity index (χ1v) is 22.6. The summed E-state index contributed by atoms with van der Waals surface area (Å²) in [7, 11) is 0. The van der Waals surface area contributed by atoms with Crippen molar-refractivity contribution in [1.82, 2.24) is 25.5 Å². The van der Waals surface area contributed by atoms with Crippen molar-refractivity contribution in [2.75, 3.05) is 43.1 Å². The third-order valence-electron chi connectivity index (χ3n) is 10.9. The van der Waals surface area contributed by atoms with E-state index in [1.807, 2.05) is 52.0 Å². The van der Waals surface area contributed by atoms with Gasteiger partial charge in [-0.05, 0) is 88.5 Å². The zero-order chi connectivity index (χ0) is 45.5. The van der Waals surface area contributed by atoms with Crippen LogP contribution >= 0.6 is 38.9 Å². The Labute approximate surface area is 382 Å². The summed E-state index contributed by atoms with van der Waals surface area (Å²) >= 11 is 9.91. The van der Waals surface area contributed by atoms with E-state index >= 15 is 0 Å². The number of β-amino-alcohol motifs (C(OH)–C–C–N with tert-alkyl or cyclic N) is 1. The molecule has 0 radical (unpaired) electrons. The van der Waals surface area contributed by atoms with Gasteiger partial charge in [0.25, 0.3) is 5.91 Å². The molecule has 0 aliphatic carbocycles. The standard InChI is InChI=1S/C44H51BrClF2N7O7S/c1-26-37(63-25-51-26)29-7-5-27(6-8-29)21-50-41(59)35-20-32(56)23-55(35)42(60)38(43(2,3)4)53-36(57)15-18-61-24-28-13-16-54(17-14-28)39-34(45)19-30(22-49-39)40(58)52-31-9-11-33(12-10-31)62-44(46,47)48/h5-12,19,22,25,28,32,35,38,56H,13-18,20-21,23-24H2,1-4H3,(H,50,59)(H,52,58)(H,53,57)/t32-,35+,38-/m1/s1. The molecule has 2 aromatic heterocycles. The number of hydrogen-bond acceptors (Lipinski definition) is 11. The van der Waals surface area contributed by atoms with Crippen LogP contribution in [0.25, 0.3) is 10.4 Å². The molecular weight excluding hydrogens is 924 g/mol. The molecule has 6 rings (SSSR count). The van der Waals surface area contributed by atoms with Crippen LogP contribution in [0.15, 0.2) is 70.8 Å². The maximum Gasteiger partial charge on any atom is 0.487 e. The van der Waals surface area contributed by atoms with E-state index in [0.29, 0.717) is 41.2 Å². The predicted molar refractivity (Wildman–Crippen MR) is 240 cm³/mol. The van der Waals surface area contributed by atoms with Crippen LogP contribution < -0.4 is 25.6 Å². The number of aryl methyl sites for hydroxylation is 1. The second kappa shape index (κ2) is 20.8. The fraction of sp³-hybridized carbons (Fsp3) is 0.455. The number of alkyl halides is 3. The van der Waals surface area contributed by atoms with Gasteiger partial charge < -0.3 is 40.3 Å². The molecule has 14 nitrogen and oxygen atoms in total. The summed E-state index contributed by atoms with van der Waals surface area (Å²) in [6.07, 6.45) is 2.35. The van der Waals surface area contributed by atoms with Gasteiger partial charge in [0, 0.05) is 69.1 Å². The van der Waals surface area contributed by atoms with E-state index < -0.39 is 41.0 Å². The lowest BCUT2D eigenvalue weighted by atomic mass is 9.85. The van der Waals surface area contributed by atoms with Crippen LogP contribution in [0, 0.1) is 18.3 Å². The lowest BCUT2D eigenvalue weighted by molar-refractivity contribution is -0.144. The summed E-state index contributed by atoms with van der Waals surface area (Å²) in [6, 6.07) is 13.0. The van der Waals surface area contributed by atoms with Crippen molar-refractivity contribution >= 4 is 74.0 Å². The summed E-state index contributed by atoms with van der Waals surface area (Å²) in [4.78, 5) is 66.9. The molecule has 63 heavy (non-hydrogen) atoms. The predicted octanol–water partition coefficient (Wildman–Crippen LogP) is 7.13. The van der Waals surface area contributed by atoms with Gasteiger partial charge in [-0.15, -0.1) is 20.1 Å². The third kappa shape index (κ3) is 13.2. The number of anilines is 2. The quantitative estimate of drug-likeness (QED) is 0.0668. The highest BCUT2D eigenvalue weighted by atomic mass is 79.9. The first-order valence-electron chi connectivity index (χ1n) is 20.5. The van der Waals surface area contributed by atoms with Crippen molar-refractivity contribution in [3.05, 3.63) is 87.6 Å². The fourth-order valence-corrected chi connectivity index (χ4v) is 8.97. The minimum absolute atomic E-state index is 0.0153. The van der Waals surface area contributed by atoms with Crippen LogP contribution in [0.3, 0.4) is 0 Å². The van der Waals surface area contributed by atoms with E-state index in [9.17, 15) is 33.1 Å². The molecule has 0 spiro atoms. The van der Waals surface area contributed by atoms with Gasteiger partial charge in [-0.3, -0.25) is 19.2 Å². The lowest BCUT2D eigenvalue weighted by Crippen LogP contribution is -2.57. The molecule has 0 unspecified atom stereocenters. The second-order valence-electron chi connectivity index (χ2n) is 16.8. The number of pyridine rings is 1. The number of amides is 4. The molecule has 4 heterocycles. The Morgan fingerprint density at radius 1 is 1.05 bits per heavy atom. The molecular formula is C44H51BrClF2N7O7S. The monoisotopic (exact) mass is 973 g/mol. The van der Waals surface area contributed by atoms with Gasteiger partial charge in [-0.2, -0.15) is 0 Å². The Bertz CT molecular complexity index is 2230. The molecule has 2 aliphatic heterocycles. The molecule has 0 saturated carbocycles. The van der Waals surface area contributed by atoms with E-state index in [0.717, 1.165) is 34.5 Å². The number of likely N-dealkylation sites (tertiary alicyclic amines) is 1. The van der Waals surface area contributed by atoms with Crippen molar-refractivity contribution in [3.63, 3.8) is 0 Å². The highest BCUT2D eigenvalue weighted by Crippen LogP contribution is 2.32. The number of piperidine rings is 1. The van der Waals surface area contributed by atoms with Gasteiger partial charge in [0.1, 0.15) is 23.7 Å². The van der Waals surface area contributed by atoms with Gasteiger partial charge in [-0.1, -0.05) is 45.0 Å². The number of thiazole rings is 1. The van der Waals surface area contributed by atoms with E-state index in [2.05, 4.69) is 51.5 Å². The zero-order valence-electron chi connectivity index (χ0n) is 35.3. The van der Waals surface area contributed by atoms with Crippen LogP contribution in [0.4, 0.5) is 20.3 Å². The van der Waals surface area contributed by atoms with Crippen molar-refractivity contribution in [3.8, 4) is 16.2 Å². The normalized spacial score (nSPS) is 17.6. The first-order chi connectivity index (χ1) is 29.8. The number of hydrogen-bond donors (Lipinski definition) is 4. The summed E-state index contributed by atoms with van der Waals surface area (Å²) < 4.78 is 36.6. The minimum Gasteiger partial charge on any atom is -0.420 e. The highest BCUT2D eigenvalue weighted by molar-refractivity contribution is 9.10. The number of nitrogens with one attached hydrogen (secondary N) is 3. The lowest BCUT2D eigenvalue weighted by Gasteiger charge is -2.35. The number of aliphatic hydroxyl groups excluding tert-OH is 1. The van der Waals surface area contributed by atoms with Crippen LogP contribution in [0.5, 0.6) is 5.75 Å².